The third kappa shape index (κ3) is 5.31. The van der Waals surface area contributed by atoms with Crippen molar-refractivity contribution in [2.45, 2.75) is 31.9 Å². The van der Waals surface area contributed by atoms with Crippen LogP contribution in [0.5, 0.6) is 0 Å². The molecule has 0 aliphatic rings. The van der Waals surface area contributed by atoms with Gasteiger partial charge in [-0.3, -0.25) is 4.79 Å². The third-order valence-corrected chi connectivity index (χ3v) is 5.38. The molecule has 0 N–H and O–H groups in total. The minimum absolute atomic E-state index is 0.114. The topological polar surface area (TPSA) is 35.5 Å². The third-order valence-electron chi connectivity index (χ3n) is 2.40. The molecule has 0 aromatic heterocycles. The summed E-state index contributed by atoms with van der Waals surface area (Å²) in [6, 6.07) is 0.935. The number of rotatable bonds is 8. The molecular formula is C10H20O3Si. The van der Waals surface area contributed by atoms with Crippen LogP contribution in [0, 0.1) is 0 Å². The molecule has 3 nitrogen and oxygen atoms in total. The summed E-state index contributed by atoms with van der Waals surface area (Å²) in [6.07, 6.45) is 3.83. The van der Waals surface area contributed by atoms with Gasteiger partial charge in [0.25, 0.3) is 0 Å². The normalized spacial score (nSPS) is 11.4. The molecule has 0 unspecified atom stereocenters. The predicted molar refractivity (Wildman–Crippen MR) is 59.5 cm³/mol. The first-order chi connectivity index (χ1) is 6.58. The molecule has 0 aromatic carbocycles. The van der Waals surface area contributed by atoms with Gasteiger partial charge in [0.15, 0.2) is 5.78 Å². The lowest BCUT2D eigenvalue weighted by Crippen LogP contribution is -2.35. The van der Waals surface area contributed by atoms with Crippen LogP contribution in [0.4, 0.5) is 0 Å². The van der Waals surface area contributed by atoms with E-state index in [-0.39, 0.29) is 5.78 Å². The van der Waals surface area contributed by atoms with E-state index in [1.165, 1.54) is 6.08 Å². The highest BCUT2D eigenvalue weighted by Gasteiger charge is 2.27. The summed E-state index contributed by atoms with van der Waals surface area (Å²) in [6.45, 7) is 5.46. The zero-order valence-electron chi connectivity index (χ0n) is 9.34. The van der Waals surface area contributed by atoms with Crippen molar-refractivity contribution in [1.29, 1.82) is 0 Å². The summed E-state index contributed by atoms with van der Waals surface area (Å²) in [5.41, 5.74) is 0. The van der Waals surface area contributed by atoms with Gasteiger partial charge in [0.1, 0.15) is 0 Å². The van der Waals surface area contributed by atoms with Crippen LogP contribution in [0.25, 0.3) is 0 Å². The first-order valence-electron chi connectivity index (χ1n) is 4.83. The van der Waals surface area contributed by atoms with Gasteiger partial charge in [0, 0.05) is 20.6 Å². The van der Waals surface area contributed by atoms with Crippen LogP contribution in [-0.2, 0) is 13.6 Å². The number of carbonyl (C=O) groups is 1. The van der Waals surface area contributed by atoms with Crippen LogP contribution in [0.2, 0.25) is 12.6 Å². The van der Waals surface area contributed by atoms with Crippen molar-refractivity contribution in [3.05, 3.63) is 12.7 Å². The van der Waals surface area contributed by atoms with Gasteiger partial charge in [0.2, 0.25) is 0 Å². The highest BCUT2D eigenvalue weighted by molar-refractivity contribution is 6.65. The molecule has 0 atom stereocenters. The number of unbranched alkanes of at least 4 members (excludes halogenated alkanes) is 1. The highest BCUT2D eigenvalue weighted by atomic mass is 28.4. The van der Waals surface area contributed by atoms with E-state index in [1.807, 2.05) is 6.55 Å². The van der Waals surface area contributed by atoms with Crippen molar-refractivity contribution < 1.29 is 13.6 Å². The highest BCUT2D eigenvalue weighted by Crippen LogP contribution is 2.15. The van der Waals surface area contributed by atoms with E-state index in [4.69, 9.17) is 8.85 Å². The van der Waals surface area contributed by atoms with Crippen molar-refractivity contribution in [1.82, 2.24) is 0 Å². The van der Waals surface area contributed by atoms with Gasteiger partial charge in [-0.15, -0.1) is 0 Å². The predicted octanol–water partition coefficient (Wildman–Crippen LogP) is 2.28. The van der Waals surface area contributed by atoms with Crippen LogP contribution in [-0.4, -0.2) is 28.6 Å². The van der Waals surface area contributed by atoms with Gasteiger partial charge in [-0.05, 0) is 25.1 Å². The van der Waals surface area contributed by atoms with Gasteiger partial charge >= 0.3 is 8.56 Å². The Kier molecular flexibility index (Phi) is 6.70. The Labute approximate surface area is 87.4 Å². The lowest BCUT2D eigenvalue weighted by Gasteiger charge is -2.22. The maximum atomic E-state index is 10.9. The van der Waals surface area contributed by atoms with Gasteiger partial charge in [-0.2, -0.15) is 0 Å². The Morgan fingerprint density at radius 2 is 1.93 bits per heavy atom. The number of carbonyl (C=O) groups excluding carboxylic acids is 1. The fourth-order valence-corrected chi connectivity index (χ4v) is 2.60. The van der Waals surface area contributed by atoms with Crippen LogP contribution in [0.3, 0.4) is 0 Å². The van der Waals surface area contributed by atoms with E-state index in [0.29, 0.717) is 6.42 Å². The van der Waals surface area contributed by atoms with Gasteiger partial charge in [0.05, 0.1) is 0 Å². The van der Waals surface area contributed by atoms with Gasteiger partial charge in [-0.1, -0.05) is 13.0 Å². The summed E-state index contributed by atoms with van der Waals surface area (Å²) in [5, 5.41) is 0. The molecule has 0 aromatic rings. The molecule has 14 heavy (non-hydrogen) atoms. The van der Waals surface area contributed by atoms with E-state index in [9.17, 15) is 4.79 Å². The molecule has 0 aliphatic heterocycles. The number of allylic oxidation sites excluding steroid dienone is 1. The molecule has 0 radical (unpaired) electrons. The van der Waals surface area contributed by atoms with Crippen molar-refractivity contribution >= 4 is 14.3 Å². The second-order valence-corrected chi connectivity index (χ2v) is 7.00. The Morgan fingerprint density at radius 3 is 2.36 bits per heavy atom. The molecule has 0 amide bonds. The molecule has 0 saturated heterocycles. The smallest absolute Gasteiger partial charge is 0.334 e. The van der Waals surface area contributed by atoms with Crippen LogP contribution < -0.4 is 0 Å². The first kappa shape index (κ1) is 13.5. The molecule has 0 aliphatic carbocycles. The maximum Gasteiger partial charge on any atom is 0.334 e. The fourth-order valence-electron chi connectivity index (χ4n) is 1.13. The Balaban J connectivity index is 3.62. The lowest BCUT2D eigenvalue weighted by atomic mass is 10.2. The minimum atomic E-state index is -1.92. The lowest BCUT2D eigenvalue weighted by molar-refractivity contribution is -0.114. The van der Waals surface area contributed by atoms with Crippen molar-refractivity contribution in [3.8, 4) is 0 Å². The summed E-state index contributed by atoms with van der Waals surface area (Å²) in [7, 11) is 1.45. The van der Waals surface area contributed by atoms with E-state index < -0.39 is 8.56 Å². The zero-order valence-corrected chi connectivity index (χ0v) is 10.3. The molecule has 82 valence electrons. The van der Waals surface area contributed by atoms with E-state index in [0.717, 1.165) is 18.9 Å². The average molecular weight is 216 g/mol. The number of ketones is 1. The van der Waals surface area contributed by atoms with E-state index in [1.54, 1.807) is 14.2 Å². The molecule has 0 spiro atoms. The quantitative estimate of drug-likeness (QED) is 0.355. The van der Waals surface area contributed by atoms with E-state index in [2.05, 4.69) is 6.58 Å². The van der Waals surface area contributed by atoms with Crippen LogP contribution in [0.15, 0.2) is 12.7 Å². The number of hydrogen-bond acceptors (Lipinski definition) is 3. The molecule has 4 heteroatoms. The summed E-state index contributed by atoms with van der Waals surface area (Å²) in [5.74, 6) is 0.114. The van der Waals surface area contributed by atoms with Crippen molar-refractivity contribution in [3.63, 3.8) is 0 Å². The van der Waals surface area contributed by atoms with Gasteiger partial charge in [-0.25, -0.2) is 0 Å². The second kappa shape index (κ2) is 6.92. The Hall–Kier alpha value is -0.453. The fraction of sp³-hybridized carbons (Fsp3) is 0.700. The Bertz CT molecular complexity index is 188. The maximum absolute atomic E-state index is 10.9. The van der Waals surface area contributed by atoms with Crippen molar-refractivity contribution in [2.24, 2.45) is 0 Å². The SMILES string of the molecule is C=CC(=O)CCCC[Si](C)(OC)OC. The zero-order chi connectivity index (χ0) is 11.0. The minimum Gasteiger partial charge on any atom is -0.398 e. The summed E-state index contributed by atoms with van der Waals surface area (Å²) in [4.78, 5) is 10.9. The van der Waals surface area contributed by atoms with Gasteiger partial charge < -0.3 is 8.85 Å². The average Bonchev–Trinajstić information content (AvgIpc) is 2.23. The number of hydrogen-bond donors (Lipinski definition) is 0. The second-order valence-electron chi connectivity index (χ2n) is 3.42. The molecule has 0 saturated carbocycles. The first-order valence-corrected chi connectivity index (χ1v) is 7.36. The molecular weight excluding hydrogens is 196 g/mol. The molecule has 0 fully saturated rings. The monoisotopic (exact) mass is 216 g/mol. The molecule has 0 heterocycles. The Morgan fingerprint density at radius 1 is 1.36 bits per heavy atom. The largest absolute Gasteiger partial charge is 0.398 e. The van der Waals surface area contributed by atoms with Crippen molar-refractivity contribution in [2.75, 3.05) is 14.2 Å². The molecule has 0 bridgehead atoms. The summed E-state index contributed by atoms with van der Waals surface area (Å²) >= 11 is 0. The standard InChI is InChI=1S/C10H20O3Si/c1-5-10(11)8-6-7-9-14(4,12-2)13-3/h5H,1,6-9H2,2-4H3. The van der Waals surface area contributed by atoms with Crippen LogP contribution in [0.1, 0.15) is 19.3 Å². The van der Waals surface area contributed by atoms with Crippen LogP contribution >= 0.6 is 0 Å². The van der Waals surface area contributed by atoms with E-state index >= 15 is 0 Å². The summed E-state index contributed by atoms with van der Waals surface area (Å²) < 4.78 is 10.7. The molecule has 0 rings (SSSR count).